The second-order valence-corrected chi connectivity index (χ2v) is 6.00. The lowest BCUT2D eigenvalue weighted by molar-refractivity contribution is 0.110. The minimum atomic E-state index is 0.276. The Kier molecular flexibility index (Phi) is 9.76. The molecule has 2 nitrogen and oxygen atoms in total. The lowest BCUT2D eigenvalue weighted by Gasteiger charge is -2.42. The highest BCUT2D eigenvalue weighted by Gasteiger charge is 2.32. The smallest absolute Gasteiger partial charge is 0.0325 e. The monoisotopic (exact) mass is 256 g/mol. The molecule has 2 heteroatoms. The van der Waals surface area contributed by atoms with Crippen molar-refractivity contribution in [2.75, 3.05) is 21.1 Å². The van der Waals surface area contributed by atoms with E-state index in [0.29, 0.717) is 6.04 Å². The first-order chi connectivity index (χ1) is 8.52. The topological polar surface area (TPSA) is 15.3 Å². The first-order valence-corrected chi connectivity index (χ1v) is 7.87. The van der Waals surface area contributed by atoms with Crippen molar-refractivity contribution in [1.82, 2.24) is 10.2 Å². The summed E-state index contributed by atoms with van der Waals surface area (Å²) in [6, 6.07) is 0.601. The Morgan fingerprint density at radius 2 is 1.56 bits per heavy atom. The fourth-order valence-electron chi connectivity index (χ4n) is 2.77. The van der Waals surface area contributed by atoms with Gasteiger partial charge in [-0.2, -0.15) is 0 Å². The molecule has 0 aliphatic rings. The summed E-state index contributed by atoms with van der Waals surface area (Å²) in [7, 11) is 6.52. The van der Waals surface area contributed by atoms with Crippen molar-refractivity contribution in [2.45, 2.75) is 83.7 Å². The molecule has 110 valence electrons. The van der Waals surface area contributed by atoms with Gasteiger partial charge in [0.2, 0.25) is 0 Å². The van der Waals surface area contributed by atoms with Gasteiger partial charge in [0.05, 0.1) is 0 Å². The van der Waals surface area contributed by atoms with Gasteiger partial charge in [0.1, 0.15) is 0 Å². The van der Waals surface area contributed by atoms with Crippen molar-refractivity contribution in [2.24, 2.45) is 0 Å². The molecule has 0 amide bonds. The summed E-state index contributed by atoms with van der Waals surface area (Å²) in [5, 5.41) is 3.54. The molecule has 0 saturated heterocycles. The van der Waals surface area contributed by atoms with E-state index in [2.05, 4.69) is 52.1 Å². The van der Waals surface area contributed by atoms with Gasteiger partial charge in [-0.1, -0.05) is 52.4 Å². The number of hydrogen-bond acceptors (Lipinski definition) is 2. The highest BCUT2D eigenvalue weighted by atomic mass is 15.2. The van der Waals surface area contributed by atoms with Crippen molar-refractivity contribution >= 4 is 0 Å². The molecule has 1 N–H and O–H groups in total. The number of hydrogen-bond donors (Lipinski definition) is 1. The third-order valence-corrected chi connectivity index (χ3v) is 4.68. The molecule has 0 aromatic rings. The zero-order valence-electron chi connectivity index (χ0n) is 13.7. The zero-order valence-corrected chi connectivity index (χ0v) is 13.7. The predicted molar refractivity (Wildman–Crippen MR) is 83.2 cm³/mol. The standard InChI is InChI=1S/C16H36N2/c1-7-9-10-11-12-13-14-15(17-4)16(3,8-2)18(5)6/h15,17H,7-14H2,1-6H3. The summed E-state index contributed by atoms with van der Waals surface area (Å²) in [6.45, 7) is 6.96. The second kappa shape index (κ2) is 9.80. The number of nitrogens with one attached hydrogen (secondary N) is 1. The third kappa shape index (κ3) is 5.71. The van der Waals surface area contributed by atoms with Crippen LogP contribution < -0.4 is 5.32 Å². The largest absolute Gasteiger partial charge is 0.315 e. The Balaban J connectivity index is 4.02. The quantitative estimate of drug-likeness (QED) is 0.561. The molecule has 0 rings (SSSR count). The number of nitrogens with zero attached hydrogens (tertiary/aromatic N) is 1. The van der Waals surface area contributed by atoms with Gasteiger partial charge in [0, 0.05) is 11.6 Å². The Bertz CT molecular complexity index is 192. The number of rotatable bonds is 11. The molecule has 0 bridgehead atoms. The van der Waals surface area contributed by atoms with E-state index in [-0.39, 0.29) is 5.54 Å². The van der Waals surface area contributed by atoms with Gasteiger partial charge in [0.25, 0.3) is 0 Å². The highest BCUT2D eigenvalue weighted by molar-refractivity contribution is 4.93. The first kappa shape index (κ1) is 17.9. The second-order valence-electron chi connectivity index (χ2n) is 6.00. The van der Waals surface area contributed by atoms with Gasteiger partial charge < -0.3 is 10.2 Å². The van der Waals surface area contributed by atoms with E-state index in [1.54, 1.807) is 0 Å². The van der Waals surface area contributed by atoms with Crippen LogP contribution in [0.5, 0.6) is 0 Å². The third-order valence-electron chi connectivity index (χ3n) is 4.68. The summed E-state index contributed by atoms with van der Waals surface area (Å²) in [5.74, 6) is 0. The molecule has 18 heavy (non-hydrogen) atoms. The van der Waals surface area contributed by atoms with E-state index in [0.717, 1.165) is 0 Å². The van der Waals surface area contributed by atoms with Crippen molar-refractivity contribution < 1.29 is 0 Å². The van der Waals surface area contributed by atoms with Crippen LogP contribution in [0.4, 0.5) is 0 Å². The predicted octanol–water partition coefficient (Wildman–Crippen LogP) is 4.06. The first-order valence-electron chi connectivity index (χ1n) is 7.87. The fraction of sp³-hybridized carbons (Fsp3) is 1.00. The van der Waals surface area contributed by atoms with Gasteiger partial charge in [-0.15, -0.1) is 0 Å². The van der Waals surface area contributed by atoms with Crippen LogP contribution in [0.3, 0.4) is 0 Å². The molecule has 0 saturated carbocycles. The Morgan fingerprint density at radius 3 is 2.00 bits per heavy atom. The molecular weight excluding hydrogens is 220 g/mol. The van der Waals surface area contributed by atoms with Gasteiger partial charge in [-0.3, -0.25) is 0 Å². The van der Waals surface area contributed by atoms with Crippen LogP contribution in [0, 0.1) is 0 Å². The Hall–Kier alpha value is -0.0800. The van der Waals surface area contributed by atoms with Gasteiger partial charge in [-0.25, -0.2) is 0 Å². The van der Waals surface area contributed by atoms with Crippen molar-refractivity contribution in [3.05, 3.63) is 0 Å². The Labute approximate surface area is 116 Å². The molecular formula is C16H36N2. The molecule has 0 fully saturated rings. The molecule has 0 aliphatic heterocycles. The van der Waals surface area contributed by atoms with E-state index < -0.39 is 0 Å². The minimum absolute atomic E-state index is 0.276. The Morgan fingerprint density at radius 1 is 1.00 bits per heavy atom. The molecule has 0 radical (unpaired) electrons. The molecule has 2 unspecified atom stereocenters. The van der Waals surface area contributed by atoms with Gasteiger partial charge >= 0.3 is 0 Å². The number of unbranched alkanes of at least 4 members (excludes halogenated alkanes) is 5. The maximum Gasteiger partial charge on any atom is 0.0325 e. The van der Waals surface area contributed by atoms with E-state index >= 15 is 0 Å². The van der Waals surface area contributed by atoms with E-state index in [1.807, 2.05) is 0 Å². The highest BCUT2D eigenvalue weighted by Crippen LogP contribution is 2.24. The molecule has 0 aromatic carbocycles. The maximum absolute atomic E-state index is 3.54. The van der Waals surface area contributed by atoms with E-state index in [9.17, 15) is 0 Å². The van der Waals surface area contributed by atoms with Crippen LogP contribution in [-0.2, 0) is 0 Å². The zero-order chi connectivity index (χ0) is 14.0. The summed E-state index contributed by atoms with van der Waals surface area (Å²) >= 11 is 0. The van der Waals surface area contributed by atoms with Crippen LogP contribution >= 0.6 is 0 Å². The SMILES string of the molecule is CCCCCCCCC(NC)C(C)(CC)N(C)C. The normalized spacial score (nSPS) is 16.8. The van der Waals surface area contributed by atoms with Gasteiger partial charge in [-0.05, 0) is 40.9 Å². The van der Waals surface area contributed by atoms with Crippen LogP contribution in [0.25, 0.3) is 0 Å². The lowest BCUT2D eigenvalue weighted by atomic mass is 9.84. The van der Waals surface area contributed by atoms with Crippen LogP contribution in [0.15, 0.2) is 0 Å². The fourth-order valence-corrected chi connectivity index (χ4v) is 2.77. The van der Waals surface area contributed by atoms with Crippen LogP contribution in [0.1, 0.15) is 72.1 Å². The average Bonchev–Trinajstić information content (AvgIpc) is 2.37. The van der Waals surface area contributed by atoms with Crippen molar-refractivity contribution in [3.8, 4) is 0 Å². The lowest BCUT2D eigenvalue weighted by Crippen LogP contribution is -2.55. The molecule has 0 spiro atoms. The summed E-state index contributed by atoms with van der Waals surface area (Å²) in [4.78, 5) is 2.38. The van der Waals surface area contributed by atoms with Crippen LogP contribution in [0.2, 0.25) is 0 Å². The van der Waals surface area contributed by atoms with Crippen molar-refractivity contribution in [3.63, 3.8) is 0 Å². The van der Waals surface area contributed by atoms with E-state index in [1.165, 1.54) is 51.4 Å². The summed E-state index contributed by atoms with van der Waals surface area (Å²) < 4.78 is 0. The minimum Gasteiger partial charge on any atom is -0.315 e. The average molecular weight is 256 g/mol. The van der Waals surface area contributed by atoms with Crippen LogP contribution in [-0.4, -0.2) is 37.6 Å². The molecule has 0 aliphatic carbocycles. The maximum atomic E-state index is 3.54. The summed E-state index contributed by atoms with van der Waals surface area (Å²) in [6.07, 6.45) is 10.8. The summed E-state index contributed by atoms with van der Waals surface area (Å²) in [5.41, 5.74) is 0.276. The molecule has 0 aromatic heterocycles. The molecule has 0 heterocycles. The van der Waals surface area contributed by atoms with Crippen molar-refractivity contribution in [1.29, 1.82) is 0 Å². The van der Waals surface area contributed by atoms with E-state index in [4.69, 9.17) is 0 Å². The molecule has 2 atom stereocenters. The number of likely N-dealkylation sites (N-methyl/N-ethyl adjacent to an activating group) is 2. The van der Waals surface area contributed by atoms with Gasteiger partial charge in [0.15, 0.2) is 0 Å².